The number of rotatable bonds is 8. The Labute approximate surface area is 156 Å². The van der Waals surface area contributed by atoms with Gasteiger partial charge in [0, 0.05) is 12.6 Å². The first-order valence-electron chi connectivity index (χ1n) is 9.55. The second-order valence-electron chi connectivity index (χ2n) is 6.97. The van der Waals surface area contributed by atoms with Gasteiger partial charge in [0.1, 0.15) is 5.75 Å². The lowest BCUT2D eigenvalue weighted by Gasteiger charge is -2.25. The van der Waals surface area contributed by atoms with Gasteiger partial charge in [-0.15, -0.1) is 0 Å². The second kappa shape index (κ2) is 10.8. The summed E-state index contributed by atoms with van der Waals surface area (Å²) in [6.45, 7) is 3.11. The van der Waals surface area contributed by atoms with Gasteiger partial charge in [-0.05, 0) is 45.4 Å². The van der Waals surface area contributed by atoms with Crippen LogP contribution in [0, 0.1) is 0 Å². The summed E-state index contributed by atoms with van der Waals surface area (Å²) in [7, 11) is 1.88. The summed E-state index contributed by atoms with van der Waals surface area (Å²) >= 11 is 0. The van der Waals surface area contributed by atoms with Gasteiger partial charge in [-0.2, -0.15) is 0 Å². The number of nitrogens with one attached hydrogen (secondary N) is 2. The number of hydrogen-bond acceptors (Lipinski definition) is 4. The van der Waals surface area contributed by atoms with Gasteiger partial charge in [-0.3, -0.25) is 15.0 Å². The van der Waals surface area contributed by atoms with Gasteiger partial charge in [0.2, 0.25) is 5.91 Å². The lowest BCUT2D eigenvalue weighted by Crippen LogP contribution is -2.51. The van der Waals surface area contributed by atoms with Gasteiger partial charge >= 0.3 is 6.03 Å². The van der Waals surface area contributed by atoms with Gasteiger partial charge in [0.25, 0.3) is 0 Å². The Hall–Kier alpha value is -2.08. The molecule has 1 aromatic carbocycles. The van der Waals surface area contributed by atoms with Crippen LogP contribution in [0.25, 0.3) is 0 Å². The third kappa shape index (κ3) is 7.04. The highest BCUT2D eigenvalue weighted by atomic mass is 16.5. The monoisotopic (exact) mass is 361 g/mol. The third-order valence-electron chi connectivity index (χ3n) is 4.88. The van der Waals surface area contributed by atoms with Gasteiger partial charge < -0.3 is 10.1 Å². The fourth-order valence-corrected chi connectivity index (χ4v) is 3.10. The molecule has 3 amide bonds. The van der Waals surface area contributed by atoms with Crippen LogP contribution in [0.15, 0.2) is 30.3 Å². The molecule has 0 bridgehead atoms. The average Bonchev–Trinajstić information content (AvgIpc) is 2.66. The SMILES string of the molecule is CC(C(=O)NC(=O)NC1CCCCC1)N(C)CCCOc1ccccc1. The highest BCUT2D eigenvalue weighted by Gasteiger charge is 2.21. The van der Waals surface area contributed by atoms with E-state index in [2.05, 4.69) is 10.6 Å². The van der Waals surface area contributed by atoms with Crippen LogP contribution < -0.4 is 15.4 Å². The molecule has 1 fully saturated rings. The van der Waals surface area contributed by atoms with Crippen molar-refractivity contribution < 1.29 is 14.3 Å². The first-order valence-corrected chi connectivity index (χ1v) is 9.55. The summed E-state index contributed by atoms with van der Waals surface area (Å²) < 4.78 is 5.65. The number of carbonyl (C=O) groups is 2. The summed E-state index contributed by atoms with van der Waals surface area (Å²) in [5, 5.41) is 5.37. The van der Waals surface area contributed by atoms with E-state index in [0.29, 0.717) is 13.2 Å². The highest BCUT2D eigenvalue weighted by Crippen LogP contribution is 2.17. The molecule has 1 aliphatic rings. The second-order valence-corrected chi connectivity index (χ2v) is 6.97. The first kappa shape index (κ1) is 20.2. The van der Waals surface area contributed by atoms with Crippen LogP contribution in [-0.4, -0.2) is 49.1 Å². The van der Waals surface area contributed by atoms with Gasteiger partial charge in [0.15, 0.2) is 0 Å². The van der Waals surface area contributed by atoms with Crippen molar-refractivity contribution in [2.45, 2.75) is 57.5 Å². The van der Waals surface area contributed by atoms with Crippen LogP contribution in [-0.2, 0) is 4.79 Å². The van der Waals surface area contributed by atoms with Crippen molar-refractivity contribution in [1.82, 2.24) is 15.5 Å². The van der Waals surface area contributed by atoms with Crippen molar-refractivity contribution in [2.24, 2.45) is 0 Å². The number of ether oxygens (including phenoxy) is 1. The molecule has 0 saturated heterocycles. The van der Waals surface area contributed by atoms with Crippen molar-refractivity contribution in [3.8, 4) is 5.75 Å². The quantitative estimate of drug-likeness (QED) is 0.699. The zero-order valence-corrected chi connectivity index (χ0v) is 15.9. The molecular weight excluding hydrogens is 330 g/mol. The molecule has 0 aromatic heterocycles. The van der Waals surface area contributed by atoms with Gasteiger partial charge in [-0.25, -0.2) is 4.79 Å². The van der Waals surface area contributed by atoms with E-state index in [4.69, 9.17) is 4.74 Å². The molecule has 6 heteroatoms. The molecule has 6 nitrogen and oxygen atoms in total. The molecule has 1 aromatic rings. The van der Waals surface area contributed by atoms with Gasteiger partial charge in [-0.1, -0.05) is 37.5 Å². The molecule has 0 aliphatic heterocycles. The van der Waals surface area contributed by atoms with Crippen LogP contribution in [0.1, 0.15) is 45.4 Å². The number of urea groups is 1. The zero-order valence-electron chi connectivity index (χ0n) is 15.9. The molecule has 26 heavy (non-hydrogen) atoms. The molecule has 1 aliphatic carbocycles. The predicted octanol–water partition coefficient (Wildman–Crippen LogP) is 2.93. The number of amides is 3. The summed E-state index contributed by atoms with van der Waals surface area (Å²) in [5.41, 5.74) is 0. The Morgan fingerprint density at radius 1 is 1.19 bits per heavy atom. The van der Waals surface area contributed by atoms with Crippen molar-refractivity contribution in [3.05, 3.63) is 30.3 Å². The summed E-state index contributed by atoms with van der Waals surface area (Å²) in [4.78, 5) is 26.2. The third-order valence-corrected chi connectivity index (χ3v) is 4.88. The smallest absolute Gasteiger partial charge is 0.321 e. The lowest BCUT2D eigenvalue weighted by atomic mass is 9.96. The fraction of sp³-hybridized carbons (Fsp3) is 0.600. The topological polar surface area (TPSA) is 70.7 Å². The van der Waals surface area contributed by atoms with Crippen LogP contribution in [0.4, 0.5) is 4.79 Å². The van der Waals surface area contributed by atoms with Crippen molar-refractivity contribution >= 4 is 11.9 Å². The predicted molar refractivity (Wildman–Crippen MR) is 102 cm³/mol. The van der Waals surface area contributed by atoms with Crippen LogP contribution in [0.2, 0.25) is 0 Å². The Bertz CT molecular complexity index is 559. The number of nitrogens with zero attached hydrogens (tertiary/aromatic N) is 1. The molecule has 1 atom stereocenters. The maximum Gasteiger partial charge on any atom is 0.321 e. The number of benzene rings is 1. The van der Waals surface area contributed by atoms with Gasteiger partial charge in [0.05, 0.1) is 12.6 Å². The zero-order chi connectivity index (χ0) is 18.8. The average molecular weight is 361 g/mol. The molecule has 0 heterocycles. The molecule has 2 N–H and O–H groups in total. The Kier molecular flexibility index (Phi) is 8.41. The van der Waals surface area contributed by atoms with E-state index >= 15 is 0 Å². The number of hydrogen-bond donors (Lipinski definition) is 2. The standard InChI is InChI=1S/C20H31N3O3/c1-16(19(24)22-20(25)21-17-10-5-3-6-11-17)23(2)14-9-15-26-18-12-7-4-8-13-18/h4,7-8,12-13,16-17H,3,5-6,9-11,14-15H2,1-2H3,(H2,21,22,24,25). The fourth-order valence-electron chi connectivity index (χ4n) is 3.10. The summed E-state index contributed by atoms with van der Waals surface area (Å²) in [6, 6.07) is 9.11. The van der Waals surface area contributed by atoms with E-state index < -0.39 is 0 Å². The molecule has 144 valence electrons. The van der Waals surface area contributed by atoms with Crippen LogP contribution >= 0.6 is 0 Å². The molecular formula is C20H31N3O3. The number of carbonyl (C=O) groups excluding carboxylic acids is 2. The van der Waals surface area contributed by atoms with Crippen LogP contribution in [0.5, 0.6) is 5.75 Å². The molecule has 1 unspecified atom stereocenters. The van der Waals surface area contributed by atoms with E-state index in [0.717, 1.165) is 37.9 Å². The van der Waals surface area contributed by atoms with Crippen molar-refractivity contribution in [2.75, 3.05) is 20.2 Å². The van der Waals surface area contributed by atoms with Crippen LogP contribution in [0.3, 0.4) is 0 Å². The number of likely N-dealkylation sites (N-methyl/N-ethyl adjacent to an activating group) is 1. The maximum atomic E-state index is 12.2. The minimum absolute atomic E-state index is 0.194. The van der Waals surface area contributed by atoms with E-state index in [1.807, 2.05) is 42.3 Å². The Morgan fingerprint density at radius 3 is 2.58 bits per heavy atom. The Morgan fingerprint density at radius 2 is 1.88 bits per heavy atom. The molecule has 1 saturated carbocycles. The van der Waals surface area contributed by atoms with E-state index in [-0.39, 0.29) is 24.0 Å². The van der Waals surface area contributed by atoms with E-state index in [9.17, 15) is 9.59 Å². The molecule has 0 spiro atoms. The largest absolute Gasteiger partial charge is 0.494 e. The Balaban J connectivity index is 1.63. The summed E-state index contributed by atoms with van der Waals surface area (Å²) in [5.74, 6) is 0.574. The van der Waals surface area contributed by atoms with Crippen molar-refractivity contribution in [1.29, 1.82) is 0 Å². The minimum atomic E-state index is -0.380. The first-order chi connectivity index (χ1) is 12.6. The number of para-hydroxylation sites is 1. The van der Waals surface area contributed by atoms with E-state index in [1.165, 1.54) is 6.42 Å². The number of imide groups is 1. The lowest BCUT2D eigenvalue weighted by molar-refractivity contribution is -0.124. The maximum absolute atomic E-state index is 12.2. The minimum Gasteiger partial charge on any atom is -0.494 e. The normalized spacial score (nSPS) is 16.1. The van der Waals surface area contributed by atoms with E-state index in [1.54, 1.807) is 6.92 Å². The molecule has 2 rings (SSSR count). The summed E-state index contributed by atoms with van der Waals surface area (Å²) in [6.07, 6.45) is 6.31. The molecule has 0 radical (unpaired) electrons. The van der Waals surface area contributed by atoms with Crippen molar-refractivity contribution in [3.63, 3.8) is 0 Å². The highest BCUT2D eigenvalue weighted by molar-refractivity contribution is 5.96.